The van der Waals surface area contributed by atoms with E-state index in [4.69, 9.17) is 0 Å². The highest BCUT2D eigenvalue weighted by atomic mass is 32.1. The molecule has 4 amide bonds. The lowest BCUT2D eigenvalue weighted by Gasteiger charge is -2.22. The number of anilines is 1. The summed E-state index contributed by atoms with van der Waals surface area (Å²) in [4.78, 5) is 39.5. The zero-order valence-corrected chi connectivity index (χ0v) is 18.5. The summed E-state index contributed by atoms with van der Waals surface area (Å²) in [7, 11) is 0. The molecule has 1 aromatic carbocycles. The van der Waals surface area contributed by atoms with E-state index in [-0.39, 0.29) is 36.9 Å². The molecule has 1 heterocycles. The van der Waals surface area contributed by atoms with Gasteiger partial charge >= 0.3 is 6.03 Å². The molecule has 0 bridgehead atoms. The Labute approximate surface area is 186 Å². The first-order valence-electron chi connectivity index (χ1n) is 10.6. The smallest absolute Gasteiger partial charge is 0.315 e. The molecule has 1 fully saturated rings. The van der Waals surface area contributed by atoms with Gasteiger partial charge in [0.15, 0.2) is 5.13 Å². The summed E-state index contributed by atoms with van der Waals surface area (Å²) in [6, 6.07) is 7.79. The Morgan fingerprint density at radius 1 is 1.06 bits per heavy atom. The Morgan fingerprint density at radius 2 is 1.81 bits per heavy atom. The lowest BCUT2D eigenvalue weighted by molar-refractivity contribution is -0.119. The van der Waals surface area contributed by atoms with Crippen LogP contribution in [0.1, 0.15) is 51.0 Å². The van der Waals surface area contributed by atoms with Crippen LogP contribution in [-0.2, 0) is 16.1 Å². The number of nitrogens with zero attached hydrogens (tertiary/aromatic N) is 1. The predicted molar refractivity (Wildman–Crippen MR) is 122 cm³/mol. The van der Waals surface area contributed by atoms with Gasteiger partial charge in [-0.15, -0.1) is 11.3 Å². The molecule has 9 heteroatoms. The molecule has 0 spiro atoms. The Balaban J connectivity index is 1.40. The summed E-state index contributed by atoms with van der Waals surface area (Å²) in [6.45, 7) is 2.25. The maximum atomic E-state index is 12.2. The van der Waals surface area contributed by atoms with E-state index < -0.39 is 0 Å². The van der Waals surface area contributed by atoms with Gasteiger partial charge in [-0.1, -0.05) is 43.5 Å². The molecule has 8 nitrogen and oxygen atoms in total. The standard InChI is InChI=1S/C22H29N5O3S/c1-15(28)24-13-16-7-9-17(10-8-16)19-14-31-22(26-19)27-20(29)11-12-23-21(30)25-18-5-3-2-4-6-18/h7-10,14,18H,2-6,11-13H2,1H3,(H,24,28)(H2,23,25,30)(H,26,27,29). The van der Waals surface area contributed by atoms with Crippen molar-refractivity contribution < 1.29 is 14.4 Å². The molecule has 4 N–H and O–H groups in total. The second-order valence-electron chi connectivity index (χ2n) is 7.68. The fourth-order valence-corrected chi connectivity index (χ4v) is 4.17. The van der Waals surface area contributed by atoms with Crippen LogP contribution in [-0.4, -0.2) is 35.4 Å². The average Bonchev–Trinajstić information content (AvgIpc) is 3.21. The first-order chi connectivity index (χ1) is 15.0. The Bertz CT molecular complexity index is 891. The molecule has 1 aliphatic rings. The van der Waals surface area contributed by atoms with Crippen molar-refractivity contribution in [3.63, 3.8) is 0 Å². The SMILES string of the molecule is CC(=O)NCc1ccc(-c2csc(NC(=O)CCNC(=O)NC3CCCCC3)n2)cc1. The van der Waals surface area contributed by atoms with Crippen molar-refractivity contribution in [1.29, 1.82) is 0 Å². The van der Waals surface area contributed by atoms with Crippen LogP contribution in [0.3, 0.4) is 0 Å². The molecule has 1 aliphatic carbocycles. The minimum atomic E-state index is -0.210. The van der Waals surface area contributed by atoms with Crippen molar-refractivity contribution in [3.05, 3.63) is 35.2 Å². The van der Waals surface area contributed by atoms with Crippen LogP contribution in [0.4, 0.5) is 9.93 Å². The summed E-state index contributed by atoms with van der Waals surface area (Å²) < 4.78 is 0. The molecule has 3 rings (SSSR count). The molecule has 0 radical (unpaired) electrons. The third-order valence-corrected chi connectivity index (χ3v) is 5.88. The van der Waals surface area contributed by atoms with Gasteiger partial charge in [-0.3, -0.25) is 9.59 Å². The van der Waals surface area contributed by atoms with Crippen molar-refractivity contribution in [2.45, 2.75) is 58.0 Å². The van der Waals surface area contributed by atoms with Gasteiger partial charge in [-0.25, -0.2) is 9.78 Å². The van der Waals surface area contributed by atoms with Gasteiger partial charge in [0.1, 0.15) is 0 Å². The zero-order valence-electron chi connectivity index (χ0n) is 17.7. The summed E-state index contributed by atoms with van der Waals surface area (Å²) in [5.41, 5.74) is 2.71. The number of nitrogens with one attached hydrogen (secondary N) is 4. The van der Waals surface area contributed by atoms with Crippen molar-refractivity contribution in [1.82, 2.24) is 20.9 Å². The fourth-order valence-electron chi connectivity index (χ4n) is 3.44. The van der Waals surface area contributed by atoms with Crippen molar-refractivity contribution in [2.75, 3.05) is 11.9 Å². The number of amides is 4. The number of benzene rings is 1. The van der Waals surface area contributed by atoms with Crippen molar-refractivity contribution >= 4 is 34.3 Å². The van der Waals surface area contributed by atoms with Gasteiger partial charge in [-0.05, 0) is 18.4 Å². The number of carbonyl (C=O) groups is 3. The third-order valence-electron chi connectivity index (χ3n) is 5.12. The zero-order chi connectivity index (χ0) is 22.1. The number of urea groups is 1. The van der Waals surface area contributed by atoms with Crippen LogP contribution in [0.25, 0.3) is 11.3 Å². The molecule has 0 saturated heterocycles. The summed E-state index contributed by atoms with van der Waals surface area (Å²) >= 11 is 1.35. The molecular weight excluding hydrogens is 414 g/mol. The Kier molecular flexibility index (Phi) is 8.40. The third kappa shape index (κ3) is 7.67. The van der Waals surface area contributed by atoms with Crippen LogP contribution in [0, 0.1) is 0 Å². The maximum Gasteiger partial charge on any atom is 0.315 e. The second kappa shape index (κ2) is 11.5. The molecular formula is C22H29N5O3S. The van der Waals surface area contributed by atoms with E-state index in [1.807, 2.05) is 29.6 Å². The van der Waals surface area contributed by atoms with Crippen molar-refractivity contribution in [3.8, 4) is 11.3 Å². The van der Waals surface area contributed by atoms with E-state index in [0.29, 0.717) is 11.7 Å². The highest BCUT2D eigenvalue weighted by Gasteiger charge is 2.15. The minimum Gasteiger partial charge on any atom is -0.352 e. The van der Waals surface area contributed by atoms with Crippen molar-refractivity contribution in [2.24, 2.45) is 0 Å². The van der Waals surface area contributed by atoms with Crippen LogP contribution >= 0.6 is 11.3 Å². The number of hydrogen-bond donors (Lipinski definition) is 4. The number of hydrogen-bond acceptors (Lipinski definition) is 5. The minimum absolute atomic E-state index is 0.0657. The van der Waals surface area contributed by atoms with Crippen LogP contribution in [0.5, 0.6) is 0 Å². The number of thiazole rings is 1. The lowest BCUT2D eigenvalue weighted by atomic mass is 9.96. The quantitative estimate of drug-likeness (QED) is 0.501. The van der Waals surface area contributed by atoms with E-state index in [0.717, 1.165) is 42.5 Å². The lowest BCUT2D eigenvalue weighted by Crippen LogP contribution is -2.43. The van der Waals surface area contributed by atoms with Gasteiger partial charge in [0.2, 0.25) is 11.8 Å². The highest BCUT2D eigenvalue weighted by Crippen LogP contribution is 2.25. The maximum absolute atomic E-state index is 12.2. The van der Waals surface area contributed by atoms with Gasteiger partial charge in [0.25, 0.3) is 0 Å². The number of carbonyl (C=O) groups excluding carboxylic acids is 3. The molecule has 0 unspecified atom stereocenters. The average molecular weight is 444 g/mol. The van der Waals surface area contributed by atoms with E-state index in [2.05, 4.69) is 26.3 Å². The topological polar surface area (TPSA) is 112 Å². The molecule has 1 saturated carbocycles. The van der Waals surface area contributed by atoms with E-state index >= 15 is 0 Å². The molecule has 2 aromatic rings. The molecule has 0 atom stereocenters. The first-order valence-corrected chi connectivity index (χ1v) is 11.5. The number of rotatable bonds is 8. The van der Waals surface area contributed by atoms with E-state index in [9.17, 15) is 14.4 Å². The van der Waals surface area contributed by atoms with Gasteiger partial charge in [0, 0.05) is 43.4 Å². The van der Waals surface area contributed by atoms with Gasteiger partial charge in [0.05, 0.1) is 5.69 Å². The van der Waals surface area contributed by atoms with Crippen LogP contribution < -0.4 is 21.3 Å². The first kappa shape index (κ1) is 22.7. The van der Waals surface area contributed by atoms with Gasteiger partial charge in [-0.2, -0.15) is 0 Å². The summed E-state index contributed by atoms with van der Waals surface area (Å²) in [5.74, 6) is -0.256. The predicted octanol–water partition coefficient (Wildman–Crippen LogP) is 3.41. The molecule has 166 valence electrons. The molecule has 1 aromatic heterocycles. The monoisotopic (exact) mass is 443 g/mol. The van der Waals surface area contributed by atoms with Gasteiger partial charge < -0.3 is 21.3 Å². The normalized spacial score (nSPS) is 14.0. The van der Waals surface area contributed by atoms with Crippen LogP contribution in [0.15, 0.2) is 29.6 Å². The Morgan fingerprint density at radius 3 is 2.52 bits per heavy atom. The second-order valence-corrected chi connectivity index (χ2v) is 8.54. The Hall–Kier alpha value is -2.94. The molecule has 31 heavy (non-hydrogen) atoms. The van der Waals surface area contributed by atoms with E-state index in [1.165, 1.54) is 24.7 Å². The fraction of sp³-hybridized carbons (Fsp3) is 0.455. The van der Waals surface area contributed by atoms with Crippen LogP contribution in [0.2, 0.25) is 0 Å². The largest absolute Gasteiger partial charge is 0.352 e. The molecule has 0 aliphatic heterocycles. The number of aromatic nitrogens is 1. The van der Waals surface area contributed by atoms with E-state index in [1.54, 1.807) is 0 Å². The summed E-state index contributed by atoms with van der Waals surface area (Å²) in [6.07, 6.45) is 5.79. The summed E-state index contributed by atoms with van der Waals surface area (Å²) in [5, 5.41) is 13.7. The highest BCUT2D eigenvalue weighted by molar-refractivity contribution is 7.14.